The first kappa shape index (κ1) is 10.7. The van der Waals surface area contributed by atoms with Crippen LogP contribution in [0, 0.1) is 5.92 Å². The molecule has 0 aromatic carbocycles. The molecule has 1 saturated heterocycles. The summed E-state index contributed by atoms with van der Waals surface area (Å²) in [5.74, 6) is 0.862. The van der Waals surface area contributed by atoms with Gasteiger partial charge >= 0.3 is 0 Å². The third-order valence-electron chi connectivity index (χ3n) is 3.48. The first-order valence-corrected chi connectivity index (χ1v) is 7.12. The SMILES string of the molecule is c1csc(CN2CCC(CNC3CC3)C2)n1. The lowest BCUT2D eigenvalue weighted by Crippen LogP contribution is -2.27. The Kier molecular flexibility index (Phi) is 3.22. The fraction of sp³-hybridized carbons (Fsp3) is 0.750. The second-order valence-electron chi connectivity index (χ2n) is 5.00. The maximum atomic E-state index is 4.35. The van der Waals surface area contributed by atoms with E-state index in [1.807, 2.05) is 6.20 Å². The minimum absolute atomic E-state index is 0.855. The number of hydrogen-bond donors (Lipinski definition) is 1. The van der Waals surface area contributed by atoms with Gasteiger partial charge in [0, 0.05) is 24.2 Å². The highest BCUT2D eigenvalue weighted by atomic mass is 32.1. The molecule has 1 aromatic heterocycles. The molecule has 3 nitrogen and oxygen atoms in total. The van der Waals surface area contributed by atoms with Crippen molar-refractivity contribution >= 4 is 11.3 Å². The number of hydrogen-bond acceptors (Lipinski definition) is 4. The molecule has 0 bridgehead atoms. The number of nitrogens with zero attached hydrogens (tertiary/aromatic N) is 2. The number of rotatable bonds is 5. The van der Waals surface area contributed by atoms with Crippen LogP contribution in [0.2, 0.25) is 0 Å². The van der Waals surface area contributed by atoms with E-state index in [2.05, 4.69) is 20.6 Å². The lowest BCUT2D eigenvalue weighted by molar-refractivity contribution is 0.313. The zero-order chi connectivity index (χ0) is 10.8. The first-order chi connectivity index (χ1) is 7.90. The molecule has 3 rings (SSSR count). The summed E-state index contributed by atoms with van der Waals surface area (Å²) in [6, 6.07) is 0.855. The average Bonchev–Trinajstić information content (AvgIpc) is 2.78. The van der Waals surface area contributed by atoms with Crippen molar-refractivity contribution in [3.8, 4) is 0 Å². The van der Waals surface area contributed by atoms with Crippen molar-refractivity contribution in [3.05, 3.63) is 16.6 Å². The predicted octanol–water partition coefficient (Wildman–Crippen LogP) is 1.72. The monoisotopic (exact) mass is 237 g/mol. The highest BCUT2D eigenvalue weighted by Gasteiger charge is 2.26. The number of aromatic nitrogens is 1. The van der Waals surface area contributed by atoms with E-state index in [4.69, 9.17) is 0 Å². The molecule has 1 N–H and O–H groups in total. The summed E-state index contributed by atoms with van der Waals surface area (Å²) in [5, 5.41) is 6.97. The minimum Gasteiger partial charge on any atom is -0.314 e. The Morgan fingerprint density at radius 3 is 3.12 bits per heavy atom. The van der Waals surface area contributed by atoms with Gasteiger partial charge in [-0.05, 0) is 38.3 Å². The lowest BCUT2D eigenvalue weighted by Gasteiger charge is -2.14. The molecule has 4 heteroatoms. The molecule has 2 aliphatic rings. The van der Waals surface area contributed by atoms with Gasteiger partial charge in [0.15, 0.2) is 0 Å². The Bertz CT molecular complexity index is 321. The van der Waals surface area contributed by atoms with Gasteiger partial charge in [-0.2, -0.15) is 0 Å². The smallest absolute Gasteiger partial charge is 0.107 e. The van der Waals surface area contributed by atoms with Crippen LogP contribution in [0.3, 0.4) is 0 Å². The Morgan fingerprint density at radius 1 is 1.44 bits per heavy atom. The molecular weight excluding hydrogens is 218 g/mol. The van der Waals surface area contributed by atoms with Crippen molar-refractivity contribution in [1.82, 2.24) is 15.2 Å². The first-order valence-electron chi connectivity index (χ1n) is 6.24. The molecule has 0 spiro atoms. The van der Waals surface area contributed by atoms with Gasteiger partial charge in [0.05, 0.1) is 6.54 Å². The molecule has 0 amide bonds. The molecule has 1 saturated carbocycles. The average molecular weight is 237 g/mol. The summed E-state index contributed by atoms with van der Waals surface area (Å²) in [4.78, 5) is 6.89. The molecule has 1 aromatic rings. The summed E-state index contributed by atoms with van der Waals surface area (Å²) >= 11 is 1.77. The molecule has 88 valence electrons. The highest BCUT2D eigenvalue weighted by molar-refractivity contribution is 7.09. The topological polar surface area (TPSA) is 28.2 Å². The zero-order valence-electron chi connectivity index (χ0n) is 9.56. The van der Waals surface area contributed by atoms with Crippen molar-refractivity contribution < 1.29 is 0 Å². The Morgan fingerprint density at radius 2 is 2.38 bits per heavy atom. The van der Waals surface area contributed by atoms with Gasteiger partial charge in [-0.3, -0.25) is 4.90 Å². The highest BCUT2D eigenvalue weighted by Crippen LogP contribution is 2.22. The number of likely N-dealkylation sites (tertiary alicyclic amines) is 1. The number of thiazole rings is 1. The van der Waals surface area contributed by atoms with Crippen molar-refractivity contribution in [2.24, 2.45) is 5.92 Å². The summed E-state index contributed by atoms with van der Waals surface area (Å²) in [6.07, 6.45) is 6.05. The fourth-order valence-electron chi connectivity index (χ4n) is 2.37. The van der Waals surface area contributed by atoms with E-state index in [1.54, 1.807) is 11.3 Å². The number of nitrogens with one attached hydrogen (secondary N) is 1. The third kappa shape index (κ3) is 2.81. The second-order valence-corrected chi connectivity index (χ2v) is 5.98. The summed E-state index contributed by atoms with van der Waals surface area (Å²) < 4.78 is 0. The van der Waals surface area contributed by atoms with Gasteiger partial charge in [0.2, 0.25) is 0 Å². The molecule has 1 unspecified atom stereocenters. The van der Waals surface area contributed by atoms with Crippen molar-refractivity contribution in [2.75, 3.05) is 19.6 Å². The van der Waals surface area contributed by atoms with E-state index in [0.29, 0.717) is 0 Å². The van der Waals surface area contributed by atoms with Crippen LogP contribution in [0.4, 0.5) is 0 Å². The minimum atomic E-state index is 0.855. The van der Waals surface area contributed by atoms with E-state index in [-0.39, 0.29) is 0 Å². The van der Waals surface area contributed by atoms with E-state index >= 15 is 0 Å². The van der Waals surface area contributed by atoms with Gasteiger partial charge in [0.1, 0.15) is 5.01 Å². The predicted molar refractivity (Wildman–Crippen MR) is 66.5 cm³/mol. The lowest BCUT2D eigenvalue weighted by atomic mass is 10.1. The van der Waals surface area contributed by atoms with E-state index in [0.717, 1.165) is 18.5 Å². The van der Waals surface area contributed by atoms with Crippen LogP contribution in [0.25, 0.3) is 0 Å². The summed E-state index contributed by atoms with van der Waals surface area (Å²) in [6.45, 7) is 4.77. The standard InChI is InChI=1S/C12H19N3S/c1-2-11(1)14-7-10-3-5-15(8-10)9-12-13-4-6-16-12/h4,6,10-11,14H,1-3,5,7-9H2. The molecule has 1 atom stereocenters. The van der Waals surface area contributed by atoms with Gasteiger partial charge < -0.3 is 5.32 Å². The maximum absolute atomic E-state index is 4.35. The molecule has 1 aliphatic heterocycles. The molecule has 1 aliphatic carbocycles. The van der Waals surface area contributed by atoms with Crippen LogP contribution in [0.5, 0.6) is 0 Å². The largest absolute Gasteiger partial charge is 0.314 e. The van der Waals surface area contributed by atoms with Gasteiger partial charge in [0.25, 0.3) is 0 Å². The van der Waals surface area contributed by atoms with Crippen molar-refractivity contribution in [1.29, 1.82) is 0 Å². The van der Waals surface area contributed by atoms with Gasteiger partial charge in [-0.25, -0.2) is 4.98 Å². The van der Waals surface area contributed by atoms with Crippen LogP contribution < -0.4 is 5.32 Å². The quantitative estimate of drug-likeness (QED) is 0.845. The van der Waals surface area contributed by atoms with E-state index in [9.17, 15) is 0 Å². The summed E-state index contributed by atoms with van der Waals surface area (Å²) in [7, 11) is 0. The Balaban J connectivity index is 1.41. The molecule has 2 fully saturated rings. The van der Waals surface area contributed by atoms with Crippen LogP contribution in [0.15, 0.2) is 11.6 Å². The van der Waals surface area contributed by atoms with Crippen LogP contribution in [0.1, 0.15) is 24.3 Å². The summed E-state index contributed by atoms with van der Waals surface area (Å²) in [5.41, 5.74) is 0. The Labute approximate surface area is 101 Å². The fourth-order valence-corrected chi connectivity index (χ4v) is 3.02. The van der Waals surface area contributed by atoms with Crippen molar-refractivity contribution in [3.63, 3.8) is 0 Å². The van der Waals surface area contributed by atoms with Gasteiger partial charge in [-0.1, -0.05) is 0 Å². The molecule has 16 heavy (non-hydrogen) atoms. The molecular formula is C12H19N3S. The maximum Gasteiger partial charge on any atom is 0.107 e. The van der Waals surface area contributed by atoms with Crippen LogP contribution in [-0.4, -0.2) is 35.6 Å². The molecule has 2 heterocycles. The normalized spacial score (nSPS) is 26.4. The van der Waals surface area contributed by atoms with Crippen LogP contribution in [-0.2, 0) is 6.54 Å². The second kappa shape index (κ2) is 4.82. The van der Waals surface area contributed by atoms with E-state index < -0.39 is 0 Å². The van der Waals surface area contributed by atoms with Crippen molar-refractivity contribution in [2.45, 2.75) is 31.8 Å². The van der Waals surface area contributed by atoms with E-state index in [1.165, 1.54) is 43.9 Å². The van der Waals surface area contributed by atoms with Gasteiger partial charge in [-0.15, -0.1) is 11.3 Å². The zero-order valence-corrected chi connectivity index (χ0v) is 10.4. The third-order valence-corrected chi connectivity index (χ3v) is 4.25. The Hall–Kier alpha value is -0.450. The van der Waals surface area contributed by atoms with Crippen LogP contribution >= 0.6 is 11.3 Å². The molecule has 0 radical (unpaired) electrons.